The molecule has 1 heterocycles. The van der Waals surface area contributed by atoms with Gasteiger partial charge in [0, 0.05) is 16.5 Å². The summed E-state index contributed by atoms with van der Waals surface area (Å²) in [6.45, 7) is 0. The number of rotatable bonds is 4. The molecular formula is C16H13F3N2O2S2. The zero-order chi connectivity index (χ0) is 19.0. The van der Waals surface area contributed by atoms with Crippen LogP contribution in [0.25, 0.3) is 11.3 Å². The van der Waals surface area contributed by atoms with Crippen molar-refractivity contribution in [3.05, 3.63) is 59.5 Å². The number of benzene rings is 1. The third-order valence-corrected chi connectivity index (χ3v) is 5.77. The molecule has 0 bridgehead atoms. The van der Waals surface area contributed by atoms with Crippen molar-refractivity contribution in [2.75, 3.05) is 4.72 Å². The van der Waals surface area contributed by atoms with Crippen LogP contribution < -0.4 is 4.72 Å². The van der Waals surface area contributed by atoms with Gasteiger partial charge in [-0.1, -0.05) is 48.6 Å². The second-order valence-electron chi connectivity index (χ2n) is 5.20. The van der Waals surface area contributed by atoms with Gasteiger partial charge >= 0.3 is 6.18 Å². The van der Waals surface area contributed by atoms with E-state index in [4.69, 9.17) is 1.37 Å². The lowest BCUT2D eigenvalue weighted by molar-refractivity contribution is -0.0939. The number of nitrogens with zero attached hydrogens (tertiary/aromatic N) is 1. The number of alkyl halides is 3. The third-order valence-electron chi connectivity index (χ3n) is 3.45. The molecule has 4 nitrogen and oxygen atoms in total. The first kappa shape index (κ1) is 16.3. The zero-order valence-corrected chi connectivity index (χ0v) is 14.3. The first-order chi connectivity index (χ1) is 12.1. The number of sulfonamides is 1. The normalized spacial score (nSPS) is 21.6. The third kappa shape index (κ3) is 4.10. The standard InChI is InChI=1S/C16H13F3N2O2S2/c17-16(18,19)12-7-4-8-13(9-12)25(22,23)21-15-20-14(10-24-15)11-5-2-1-3-6-11/h1-8,10,13H,9H2,(H,20,21)/i13D. The first-order valence-corrected chi connectivity index (χ1v) is 9.46. The molecule has 1 atom stereocenters. The topological polar surface area (TPSA) is 59.1 Å². The maximum absolute atomic E-state index is 12.9. The molecule has 9 heteroatoms. The molecule has 0 saturated carbocycles. The van der Waals surface area contributed by atoms with Crippen molar-refractivity contribution >= 4 is 26.5 Å². The minimum absolute atomic E-state index is 0.00742. The highest BCUT2D eigenvalue weighted by atomic mass is 32.2. The number of hydrogen-bond donors (Lipinski definition) is 1. The van der Waals surface area contributed by atoms with Gasteiger partial charge in [0.15, 0.2) is 5.13 Å². The minimum atomic E-state index is -4.69. The molecule has 1 aliphatic rings. The van der Waals surface area contributed by atoms with Crippen molar-refractivity contribution in [1.82, 2.24) is 4.98 Å². The molecule has 1 N–H and O–H groups in total. The van der Waals surface area contributed by atoms with Crippen LogP contribution in [-0.4, -0.2) is 24.8 Å². The van der Waals surface area contributed by atoms with E-state index < -0.39 is 33.4 Å². The van der Waals surface area contributed by atoms with E-state index in [-0.39, 0.29) is 5.13 Å². The van der Waals surface area contributed by atoms with Gasteiger partial charge in [-0.25, -0.2) is 13.4 Å². The van der Waals surface area contributed by atoms with E-state index in [1.807, 2.05) is 6.07 Å². The predicted molar refractivity (Wildman–Crippen MR) is 91.8 cm³/mol. The Morgan fingerprint density at radius 1 is 1.28 bits per heavy atom. The van der Waals surface area contributed by atoms with Crippen molar-refractivity contribution in [3.63, 3.8) is 0 Å². The van der Waals surface area contributed by atoms with Gasteiger partial charge in [0.25, 0.3) is 0 Å². The molecule has 1 aromatic heterocycles. The molecule has 0 saturated heterocycles. The van der Waals surface area contributed by atoms with Gasteiger partial charge in [-0.2, -0.15) is 13.2 Å². The second-order valence-corrected chi connectivity index (χ2v) is 7.79. The molecule has 0 aliphatic heterocycles. The quantitative estimate of drug-likeness (QED) is 0.848. The number of aromatic nitrogens is 1. The fourth-order valence-electron chi connectivity index (χ4n) is 2.20. The Balaban J connectivity index is 1.83. The molecule has 3 rings (SSSR count). The molecule has 0 amide bonds. The van der Waals surface area contributed by atoms with E-state index >= 15 is 0 Å². The smallest absolute Gasteiger partial charge is 0.258 e. The number of anilines is 1. The van der Waals surface area contributed by atoms with Crippen molar-refractivity contribution in [1.29, 1.82) is 0 Å². The van der Waals surface area contributed by atoms with Crippen LogP contribution in [0.15, 0.2) is 59.5 Å². The maximum atomic E-state index is 12.9. The molecule has 132 valence electrons. The summed E-state index contributed by atoms with van der Waals surface area (Å²) in [5.41, 5.74) is 0.238. The monoisotopic (exact) mass is 387 g/mol. The zero-order valence-electron chi connectivity index (χ0n) is 13.6. The van der Waals surface area contributed by atoms with Crippen LogP contribution in [0.4, 0.5) is 18.3 Å². The number of hydrogen-bond acceptors (Lipinski definition) is 4. The molecule has 0 radical (unpaired) electrons. The van der Waals surface area contributed by atoms with Gasteiger partial charge in [-0.3, -0.25) is 4.72 Å². The van der Waals surface area contributed by atoms with E-state index in [1.165, 1.54) is 0 Å². The van der Waals surface area contributed by atoms with Gasteiger partial charge in [-0.15, -0.1) is 11.3 Å². The maximum Gasteiger partial charge on any atom is 0.412 e. The van der Waals surface area contributed by atoms with E-state index in [0.717, 1.165) is 35.1 Å². The Kier molecular flexibility index (Phi) is 4.34. The van der Waals surface area contributed by atoms with Crippen LogP contribution >= 0.6 is 11.3 Å². The van der Waals surface area contributed by atoms with Gasteiger partial charge in [0.05, 0.1) is 7.06 Å². The molecule has 1 unspecified atom stereocenters. The van der Waals surface area contributed by atoms with Crippen LogP contribution in [-0.2, 0) is 10.0 Å². The van der Waals surface area contributed by atoms with Crippen molar-refractivity contribution < 1.29 is 23.0 Å². The summed E-state index contributed by atoms with van der Waals surface area (Å²) in [4.78, 5) is 4.14. The van der Waals surface area contributed by atoms with Crippen LogP contribution in [0.5, 0.6) is 0 Å². The van der Waals surface area contributed by atoms with Crippen molar-refractivity contribution in [2.45, 2.75) is 17.8 Å². The molecule has 0 spiro atoms. The van der Waals surface area contributed by atoms with Gasteiger partial charge in [0.1, 0.15) is 5.23 Å². The van der Waals surface area contributed by atoms with Crippen LogP contribution in [0.2, 0.25) is 0 Å². The van der Waals surface area contributed by atoms with Crippen molar-refractivity contribution in [3.8, 4) is 11.3 Å². The summed E-state index contributed by atoms with van der Waals surface area (Å²) in [7, 11) is -4.46. The SMILES string of the molecule is [2H]C1(S(=O)(=O)Nc2nc(-c3ccccc3)cs2)C=CC=C(C(F)(F)F)C1. The second kappa shape index (κ2) is 6.64. The molecule has 1 aromatic carbocycles. The number of halogens is 3. The summed E-state index contributed by atoms with van der Waals surface area (Å²) < 4.78 is 73.9. The average molecular weight is 387 g/mol. The van der Waals surface area contributed by atoms with E-state index in [1.54, 1.807) is 29.6 Å². The lowest BCUT2D eigenvalue weighted by Crippen LogP contribution is -2.30. The lowest BCUT2D eigenvalue weighted by Gasteiger charge is -2.20. The number of thiazole rings is 1. The van der Waals surface area contributed by atoms with E-state index in [9.17, 15) is 21.6 Å². The fourth-order valence-corrected chi connectivity index (χ4v) is 4.29. The predicted octanol–water partition coefficient (Wildman–Crippen LogP) is 4.37. The highest BCUT2D eigenvalue weighted by molar-refractivity contribution is 7.93. The van der Waals surface area contributed by atoms with Crippen molar-refractivity contribution in [2.24, 2.45) is 0 Å². The number of allylic oxidation sites excluding steroid dienone is 3. The minimum Gasteiger partial charge on any atom is -0.258 e. The molecular weight excluding hydrogens is 373 g/mol. The molecule has 1 aliphatic carbocycles. The fraction of sp³-hybridized carbons (Fsp3) is 0.188. The van der Waals surface area contributed by atoms with Crippen LogP contribution in [0.3, 0.4) is 0 Å². The molecule has 2 aromatic rings. The van der Waals surface area contributed by atoms with E-state index in [2.05, 4.69) is 9.71 Å². The van der Waals surface area contributed by atoms with Gasteiger partial charge < -0.3 is 0 Å². The molecule has 25 heavy (non-hydrogen) atoms. The Labute approximate surface area is 148 Å². The summed E-state index contributed by atoms with van der Waals surface area (Å²) >= 11 is 0.995. The summed E-state index contributed by atoms with van der Waals surface area (Å²) in [5.74, 6) is 0. The Morgan fingerprint density at radius 3 is 2.68 bits per heavy atom. The Morgan fingerprint density at radius 2 is 2.00 bits per heavy atom. The molecule has 0 fully saturated rings. The summed E-state index contributed by atoms with van der Waals surface area (Å²) in [6.07, 6.45) is -3.03. The Bertz CT molecular complexity index is 969. The first-order valence-electron chi connectivity index (χ1n) is 7.60. The van der Waals surface area contributed by atoms with Gasteiger partial charge in [-0.05, 0) is 6.42 Å². The lowest BCUT2D eigenvalue weighted by atomic mass is 10.0. The number of nitrogens with one attached hydrogen (secondary N) is 1. The highest BCUT2D eigenvalue weighted by Crippen LogP contribution is 2.34. The largest absolute Gasteiger partial charge is 0.412 e. The summed E-state index contributed by atoms with van der Waals surface area (Å²) in [6, 6.07) is 9.02. The van der Waals surface area contributed by atoms with E-state index in [0.29, 0.717) is 5.69 Å². The summed E-state index contributed by atoms with van der Waals surface area (Å²) in [5, 5.41) is -0.848. The van der Waals surface area contributed by atoms with Crippen LogP contribution in [0.1, 0.15) is 7.79 Å². The van der Waals surface area contributed by atoms with Gasteiger partial charge in [0.2, 0.25) is 10.0 Å². The average Bonchev–Trinajstić information content (AvgIpc) is 3.02. The highest BCUT2D eigenvalue weighted by Gasteiger charge is 2.38. The Hall–Kier alpha value is -2.13. The van der Waals surface area contributed by atoms with Crippen LogP contribution in [0, 0.1) is 0 Å².